The van der Waals surface area contributed by atoms with Crippen molar-refractivity contribution in [2.75, 3.05) is 18.0 Å². The Hall–Kier alpha value is -1.55. The fourth-order valence-corrected chi connectivity index (χ4v) is 2.32. The highest BCUT2D eigenvalue weighted by Gasteiger charge is 2.19. The molecule has 16 heavy (non-hydrogen) atoms. The van der Waals surface area contributed by atoms with Crippen molar-refractivity contribution in [1.82, 2.24) is 9.97 Å². The monoisotopic (exact) mass is 216 g/mol. The van der Waals surface area contributed by atoms with E-state index in [-0.39, 0.29) is 0 Å². The van der Waals surface area contributed by atoms with Crippen LogP contribution in [0, 0.1) is 0 Å². The summed E-state index contributed by atoms with van der Waals surface area (Å²) in [4.78, 5) is 10.1. The number of aromatic amines is 1. The van der Waals surface area contributed by atoms with E-state index in [1.165, 1.54) is 5.39 Å². The summed E-state index contributed by atoms with van der Waals surface area (Å²) in [6.07, 6.45) is 5.95. The number of H-pyrrole nitrogens is 1. The van der Waals surface area contributed by atoms with Crippen LogP contribution in [0.25, 0.3) is 10.9 Å². The van der Waals surface area contributed by atoms with Crippen LogP contribution in [0.15, 0.2) is 24.5 Å². The highest BCUT2D eigenvalue weighted by Crippen LogP contribution is 2.24. The number of anilines is 1. The van der Waals surface area contributed by atoms with Crippen LogP contribution >= 0.6 is 0 Å². The van der Waals surface area contributed by atoms with Crippen molar-refractivity contribution in [3.8, 4) is 0 Å². The molecular formula is C12H16N4. The second-order valence-corrected chi connectivity index (χ2v) is 4.40. The molecule has 2 aromatic rings. The summed E-state index contributed by atoms with van der Waals surface area (Å²) in [5.74, 6) is 1.06. The third-order valence-electron chi connectivity index (χ3n) is 3.29. The number of aromatic nitrogens is 2. The van der Waals surface area contributed by atoms with E-state index in [1.54, 1.807) is 0 Å². The van der Waals surface area contributed by atoms with Crippen molar-refractivity contribution in [1.29, 1.82) is 0 Å². The minimum absolute atomic E-state index is 0.360. The molecule has 1 fully saturated rings. The Balaban J connectivity index is 1.96. The summed E-state index contributed by atoms with van der Waals surface area (Å²) in [5.41, 5.74) is 7.05. The van der Waals surface area contributed by atoms with Gasteiger partial charge in [0, 0.05) is 36.9 Å². The predicted octanol–water partition coefficient (Wildman–Crippen LogP) is 1.49. The fraction of sp³-hybridized carbons (Fsp3) is 0.417. The third-order valence-corrected chi connectivity index (χ3v) is 3.29. The van der Waals surface area contributed by atoms with Crippen LogP contribution < -0.4 is 10.6 Å². The SMILES string of the molecule is NC1CCN(c2nccc3cc[nH]c23)CC1. The molecule has 0 aromatic carbocycles. The third kappa shape index (κ3) is 1.55. The molecule has 0 saturated carbocycles. The van der Waals surface area contributed by atoms with Crippen molar-refractivity contribution in [3.05, 3.63) is 24.5 Å². The van der Waals surface area contributed by atoms with Crippen LogP contribution in [-0.2, 0) is 0 Å². The average molecular weight is 216 g/mol. The highest BCUT2D eigenvalue weighted by atomic mass is 15.2. The van der Waals surface area contributed by atoms with Gasteiger partial charge in [-0.05, 0) is 25.0 Å². The quantitative estimate of drug-likeness (QED) is 0.759. The lowest BCUT2D eigenvalue weighted by Crippen LogP contribution is -2.40. The minimum Gasteiger partial charge on any atom is -0.358 e. The number of nitrogens with one attached hydrogen (secondary N) is 1. The minimum atomic E-state index is 0.360. The van der Waals surface area contributed by atoms with Crippen LogP contribution in [0.5, 0.6) is 0 Å². The summed E-state index contributed by atoms with van der Waals surface area (Å²) in [7, 11) is 0. The van der Waals surface area contributed by atoms with Crippen molar-refractivity contribution < 1.29 is 0 Å². The van der Waals surface area contributed by atoms with Gasteiger partial charge in [0.15, 0.2) is 5.82 Å². The lowest BCUT2D eigenvalue weighted by molar-refractivity contribution is 0.499. The van der Waals surface area contributed by atoms with Gasteiger partial charge in [-0.15, -0.1) is 0 Å². The Morgan fingerprint density at radius 3 is 2.94 bits per heavy atom. The number of piperidine rings is 1. The standard InChI is InChI=1S/C12H16N4/c13-10-3-7-16(8-4-10)12-11-9(1-5-14-11)2-6-15-12/h1-2,5-6,10,14H,3-4,7-8,13H2. The second-order valence-electron chi connectivity index (χ2n) is 4.40. The van der Waals surface area contributed by atoms with Gasteiger partial charge < -0.3 is 15.6 Å². The topological polar surface area (TPSA) is 57.9 Å². The van der Waals surface area contributed by atoms with Gasteiger partial charge in [-0.2, -0.15) is 0 Å². The zero-order chi connectivity index (χ0) is 11.0. The molecule has 2 aromatic heterocycles. The van der Waals surface area contributed by atoms with Gasteiger partial charge in [-0.25, -0.2) is 4.98 Å². The molecule has 0 atom stereocenters. The zero-order valence-electron chi connectivity index (χ0n) is 9.19. The maximum absolute atomic E-state index is 5.91. The lowest BCUT2D eigenvalue weighted by Gasteiger charge is -2.31. The molecule has 1 saturated heterocycles. The molecule has 0 amide bonds. The summed E-state index contributed by atoms with van der Waals surface area (Å²) >= 11 is 0. The average Bonchev–Trinajstić information content (AvgIpc) is 2.78. The van der Waals surface area contributed by atoms with E-state index in [0.29, 0.717) is 6.04 Å². The molecule has 3 heterocycles. The number of fused-ring (bicyclic) bond motifs is 1. The normalized spacial score (nSPS) is 18.2. The Morgan fingerprint density at radius 1 is 1.31 bits per heavy atom. The van der Waals surface area contributed by atoms with Gasteiger partial charge in [0.1, 0.15) is 0 Å². The first kappa shape index (κ1) is 9.66. The van der Waals surface area contributed by atoms with Crippen LogP contribution in [0.1, 0.15) is 12.8 Å². The lowest BCUT2D eigenvalue weighted by atomic mass is 10.1. The molecule has 0 aliphatic carbocycles. The first-order valence-electron chi connectivity index (χ1n) is 5.77. The maximum Gasteiger partial charge on any atom is 0.152 e. The van der Waals surface area contributed by atoms with Gasteiger partial charge in [0.25, 0.3) is 0 Å². The Labute approximate surface area is 94.5 Å². The molecule has 0 spiro atoms. The van der Waals surface area contributed by atoms with Crippen molar-refractivity contribution in [2.24, 2.45) is 5.73 Å². The van der Waals surface area contributed by atoms with Crippen LogP contribution in [-0.4, -0.2) is 29.1 Å². The van der Waals surface area contributed by atoms with E-state index in [2.05, 4.69) is 20.9 Å². The molecule has 1 aliphatic heterocycles. The molecule has 3 rings (SSSR count). The first-order chi connectivity index (χ1) is 7.84. The number of pyridine rings is 1. The highest BCUT2D eigenvalue weighted by molar-refractivity contribution is 5.89. The van der Waals surface area contributed by atoms with Crippen LogP contribution in [0.3, 0.4) is 0 Å². The van der Waals surface area contributed by atoms with E-state index in [4.69, 9.17) is 5.73 Å². The number of hydrogen-bond donors (Lipinski definition) is 2. The number of nitrogens with zero attached hydrogens (tertiary/aromatic N) is 2. The maximum atomic E-state index is 5.91. The Kier molecular flexibility index (Phi) is 2.29. The first-order valence-corrected chi connectivity index (χ1v) is 5.77. The van der Waals surface area contributed by atoms with Gasteiger partial charge in [-0.1, -0.05) is 0 Å². The zero-order valence-corrected chi connectivity index (χ0v) is 9.19. The molecule has 3 N–H and O–H groups in total. The smallest absolute Gasteiger partial charge is 0.152 e. The van der Waals surface area contributed by atoms with E-state index in [0.717, 1.165) is 37.3 Å². The summed E-state index contributed by atoms with van der Waals surface area (Å²) in [6.45, 7) is 2.01. The number of hydrogen-bond acceptors (Lipinski definition) is 3. The molecule has 0 radical (unpaired) electrons. The summed E-state index contributed by atoms with van der Waals surface area (Å²) in [6, 6.07) is 4.47. The van der Waals surface area contributed by atoms with E-state index in [1.807, 2.05) is 18.5 Å². The molecule has 4 heteroatoms. The molecule has 4 nitrogen and oxygen atoms in total. The van der Waals surface area contributed by atoms with E-state index >= 15 is 0 Å². The molecule has 84 valence electrons. The van der Waals surface area contributed by atoms with E-state index in [9.17, 15) is 0 Å². The van der Waals surface area contributed by atoms with Crippen molar-refractivity contribution in [2.45, 2.75) is 18.9 Å². The van der Waals surface area contributed by atoms with Gasteiger partial charge in [0.2, 0.25) is 0 Å². The van der Waals surface area contributed by atoms with Crippen LogP contribution in [0.2, 0.25) is 0 Å². The van der Waals surface area contributed by atoms with Crippen LogP contribution in [0.4, 0.5) is 5.82 Å². The Bertz CT molecular complexity index is 482. The Morgan fingerprint density at radius 2 is 2.12 bits per heavy atom. The molecule has 1 aliphatic rings. The largest absolute Gasteiger partial charge is 0.358 e. The van der Waals surface area contributed by atoms with Gasteiger partial charge >= 0.3 is 0 Å². The van der Waals surface area contributed by atoms with Gasteiger partial charge in [0.05, 0.1) is 5.52 Å². The molecule has 0 bridgehead atoms. The molecular weight excluding hydrogens is 200 g/mol. The van der Waals surface area contributed by atoms with E-state index < -0.39 is 0 Å². The number of nitrogens with two attached hydrogens (primary N) is 1. The number of rotatable bonds is 1. The predicted molar refractivity (Wildman–Crippen MR) is 65.5 cm³/mol. The molecule has 0 unspecified atom stereocenters. The summed E-state index contributed by atoms with van der Waals surface area (Å²) < 4.78 is 0. The summed E-state index contributed by atoms with van der Waals surface area (Å²) in [5, 5.41) is 1.22. The van der Waals surface area contributed by atoms with Gasteiger partial charge in [-0.3, -0.25) is 0 Å². The van der Waals surface area contributed by atoms with Crippen molar-refractivity contribution in [3.63, 3.8) is 0 Å². The van der Waals surface area contributed by atoms with Crippen molar-refractivity contribution >= 4 is 16.7 Å². The fourth-order valence-electron chi connectivity index (χ4n) is 2.32. The second kappa shape index (κ2) is 3.79.